The maximum atomic E-state index is 12.1. The predicted octanol–water partition coefficient (Wildman–Crippen LogP) is 0.934. The quantitative estimate of drug-likeness (QED) is 0.551. The van der Waals surface area contributed by atoms with Crippen LogP contribution in [0.15, 0.2) is 0 Å². The number of imide groups is 1. The van der Waals surface area contributed by atoms with Crippen LogP contribution in [0, 0.1) is 16.7 Å². The van der Waals surface area contributed by atoms with Crippen LogP contribution in [-0.2, 0) is 20.9 Å². The fraction of sp³-hybridized carbons (Fsp3) is 0.800. The number of carbonyl (C=O) groups excluding carboxylic acids is 2. The van der Waals surface area contributed by atoms with E-state index in [0.29, 0.717) is 17.1 Å². The standard InChI is InChI=1S/C10H15NO4S/c1-9(2)6-4-5-10(9,3)8(13)11(7(6)12)16(14)15/h6H,4-5H2,1-3H3,(H,14,15). The van der Waals surface area contributed by atoms with Crippen molar-refractivity contribution in [2.45, 2.75) is 33.6 Å². The lowest BCUT2D eigenvalue weighted by molar-refractivity contribution is -0.160. The summed E-state index contributed by atoms with van der Waals surface area (Å²) in [6.07, 6.45) is 1.21. The van der Waals surface area contributed by atoms with E-state index in [1.165, 1.54) is 0 Å². The van der Waals surface area contributed by atoms with Gasteiger partial charge in [-0.25, -0.2) is 4.21 Å². The SMILES string of the molecule is CC12CCC(C(=O)N(S(=O)O)C1=O)C2(C)C. The molecule has 5 nitrogen and oxygen atoms in total. The first-order valence-electron chi connectivity index (χ1n) is 5.23. The molecule has 6 heteroatoms. The Morgan fingerprint density at radius 1 is 1.38 bits per heavy atom. The smallest absolute Gasteiger partial charge is 0.271 e. The minimum atomic E-state index is -2.54. The van der Waals surface area contributed by atoms with Crippen LogP contribution in [0.1, 0.15) is 33.6 Å². The Morgan fingerprint density at radius 2 is 1.94 bits per heavy atom. The van der Waals surface area contributed by atoms with Crippen molar-refractivity contribution in [1.29, 1.82) is 0 Å². The van der Waals surface area contributed by atoms with Gasteiger partial charge in [-0.1, -0.05) is 20.8 Å². The highest BCUT2D eigenvalue weighted by atomic mass is 32.2. The Hall–Kier alpha value is -0.750. The molecule has 3 unspecified atom stereocenters. The number of hydrogen-bond acceptors (Lipinski definition) is 3. The first-order valence-corrected chi connectivity index (χ1v) is 6.29. The number of amides is 2. The monoisotopic (exact) mass is 245 g/mol. The van der Waals surface area contributed by atoms with Crippen LogP contribution in [0.2, 0.25) is 0 Å². The third-order valence-corrected chi connectivity index (χ3v) is 5.20. The van der Waals surface area contributed by atoms with Gasteiger partial charge in [0.05, 0.1) is 5.41 Å². The van der Waals surface area contributed by atoms with Crippen LogP contribution < -0.4 is 0 Å². The fourth-order valence-electron chi connectivity index (χ4n) is 2.93. The molecule has 0 radical (unpaired) electrons. The van der Waals surface area contributed by atoms with Gasteiger partial charge < -0.3 is 0 Å². The average Bonchev–Trinajstić information content (AvgIpc) is 2.31. The number of piperidine rings is 1. The van der Waals surface area contributed by atoms with Crippen LogP contribution in [0.3, 0.4) is 0 Å². The van der Waals surface area contributed by atoms with Crippen LogP contribution in [0.5, 0.6) is 0 Å². The highest BCUT2D eigenvalue weighted by Crippen LogP contribution is 2.60. The summed E-state index contributed by atoms with van der Waals surface area (Å²) in [6.45, 7) is 5.55. The lowest BCUT2D eigenvalue weighted by Gasteiger charge is -2.46. The number of carbonyl (C=O) groups is 2. The van der Waals surface area contributed by atoms with Gasteiger partial charge in [0, 0.05) is 5.92 Å². The Labute approximate surface area is 96.6 Å². The van der Waals surface area contributed by atoms with Gasteiger partial charge in [0.25, 0.3) is 11.3 Å². The van der Waals surface area contributed by atoms with Crippen molar-refractivity contribution in [2.24, 2.45) is 16.7 Å². The van der Waals surface area contributed by atoms with E-state index >= 15 is 0 Å². The summed E-state index contributed by atoms with van der Waals surface area (Å²) in [4.78, 5) is 24.1. The zero-order valence-corrected chi connectivity index (χ0v) is 10.3. The average molecular weight is 245 g/mol. The molecule has 0 aromatic heterocycles. The van der Waals surface area contributed by atoms with Crippen LogP contribution >= 0.6 is 0 Å². The molecular formula is C10H15NO4S. The maximum absolute atomic E-state index is 12.1. The molecule has 1 aliphatic carbocycles. The highest BCUT2D eigenvalue weighted by molar-refractivity contribution is 7.78. The van der Waals surface area contributed by atoms with E-state index in [1.54, 1.807) is 6.92 Å². The molecular weight excluding hydrogens is 230 g/mol. The number of nitrogens with zero attached hydrogens (tertiary/aromatic N) is 1. The molecule has 0 aromatic carbocycles. The lowest BCUT2D eigenvalue weighted by Crippen LogP contribution is -2.59. The zero-order chi connectivity index (χ0) is 12.3. The summed E-state index contributed by atoms with van der Waals surface area (Å²) in [5.74, 6) is -1.35. The van der Waals surface area contributed by atoms with Crippen LogP contribution in [0.25, 0.3) is 0 Å². The van der Waals surface area contributed by atoms with Crippen molar-refractivity contribution >= 4 is 23.1 Å². The molecule has 0 aromatic rings. The van der Waals surface area contributed by atoms with Gasteiger partial charge in [0.1, 0.15) is 0 Å². The van der Waals surface area contributed by atoms with Gasteiger partial charge in [-0.05, 0) is 18.3 Å². The second-order valence-electron chi connectivity index (χ2n) is 5.31. The first kappa shape index (κ1) is 11.7. The largest absolute Gasteiger partial charge is 0.289 e. The molecule has 1 aliphatic heterocycles. The first-order chi connectivity index (χ1) is 7.23. The summed E-state index contributed by atoms with van der Waals surface area (Å²) in [7, 11) is 0. The number of fused-ring (bicyclic) bond motifs is 2. The number of rotatable bonds is 1. The molecule has 1 saturated carbocycles. The van der Waals surface area contributed by atoms with Crippen molar-refractivity contribution in [1.82, 2.24) is 4.31 Å². The Kier molecular flexibility index (Phi) is 2.30. The summed E-state index contributed by atoms with van der Waals surface area (Å²) < 4.78 is 20.6. The summed E-state index contributed by atoms with van der Waals surface area (Å²) in [5, 5.41) is 0. The molecule has 2 bridgehead atoms. The normalized spacial score (nSPS) is 39.0. The van der Waals surface area contributed by atoms with E-state index in [-0.39, 0.29) is 5.92 Å². The van der Waals surface area contributed by atoms with Gasteiger partial charge >= 0.3 is 0 Å². The van der Waals surface area contributed by atoms with E-state index in [0.717, 1.165) is 0 Å². The molecule has 2 aliphatic rings. The topological polar surface area (TPSA) is 74.7 Å². The fourth-order valence-corrected chi connectivity index (χ4v) is 3.55. The summed E-state index contributed by atoms with van der Waals surface area (Å²) in [5.41, 5.74) is -1.14. The minimum absolute atomic E-state index is 0.328. The second-order valence-corrected chi connectivity index (χ2v) is 6.14. The van der Waals surface area contributed by atoms with E-state index < -0.39 is 33.9 Å². The van der Waals surface area contributed by atoms with Crippen molar-refractivity contribution in [2.75, 3.05) is 0 Å². The van der Waals surface area contributed by atoms with Crippen molar-refractivity contribution in [3.05, 3.63) is 0 Å². The lowest BCUT2D eigenvalue weighted by atomic mass is 9.63. The molecule has 3 atom stereocenters. The Balaban J connectivity index is 2.55. The molecule has 1 saturated heterocycles. The molecule has 1 heterocycles. The summed E-state index contributed by atoms with van der Waals surface area (Å²) in [6, 6.07) is 0. The van der Waals surface area contributed by atoms with Crippen molar-refractivity contribution < 1.29 is 18.4 Å². The van der Waals surface area contributed by atoms with Gasteiger partial charge in [0.15, 0.2) is 0 Å². The van der Waals surface area contributed by atoms with E-state index in [4.69, 9.17) is 4.55 Å². The minimum Gasteiger partial charge on any atom is -0.289 e. The van der Waals surface area contributed by atoms with Crippen molar-refractivity contribution in [3.8, 4) is 0 Å². The summed E-state index contributed by atoms with van der Waals surface area (Å²) >= 11 is -2.54. The van der Waals surface area contributed by atoms with Gasteiger partial charge in [-0.15, -0.1) is 0 Å². The van der Waals surface area contributed by atoms with Gasteiger partial charge in [-0.3, -0.25) is 14.1 Å². The molecule has 2 amide bonds. The van der Waals surface area contributed by atoms with E-state index in [1.807, 2.05) is 13.8 Å². The van der Waals surface area contributed by atoms with Crippen LogP contribution in [0.4, 0.5) is 0 Å². The zero-order valence-electron chi connectivity index (χ0n) is 9.52. The molecule has 2 rings (SSSR count). The molecule has 0 spiro atoms. The van der Waals surface area contributed by atoms with E-state index in [2.05, 4.69) is 0 Å². The van der Waals surface area contributed by atoms with Crippen LogP contribution in [-0.4, -0.2) is 24.9 Å². The van der Waals surface area contributed by atoms with Gasteiger partial charge in [-0.2, -0.15) is 4.31 Å². The Morgan fingerprint density at radius 3 is 2.44 bits per heavy atom. The third kappa shape index (κ3) is 1.11. The Bertz CT molecular complexity index is 406. The predicted molar refractivity (Wildman–Crippen MR) is 57.2 cm³/mol. The molecule has 16 heavy (non-hydrogen) atoms. The molecule has 2 fully saturated rings. The second kappa shape index (κ2) is 3.13. The highest BCUT2D eigenvalue weighted by Gasteiger charge is 2.65. The van der Waals surface area contributed by atoms with E-state index in [9.17, 15) is 13.8 Å². The van der Waals surface area contributed by atoms with Crippen molar-refractivity contribution in [3.63, 3.8) is 0 Å². The molecule has 1 N–H and O–H groups in total. The molecule has 90 valence electrons. The maximum Gasteiger partial charge on any atom is 0.271 e. The number of hydrogen-bond donors (Lipinski definition) is 1. The third-order valence-electron chi connectivity index (χ3n) is 4.54. The van der Waals surface area contributed by atoms with Gasteiger partial charge in [0.2, 0.25) is 11.8 Å².